The van der Waals surface area contributed by atoms with Crippen LogP contribution in [0.2, 0.25) is 0 Å². The molecule has 1 atom stereocenters. The number of nitrogens with two attached hydrogens (primary N) is 1. The van der Waals surface area contributed by atoms with Crippen molar-refractivity contribution >= 4 is 43.3 Å². The lowest BCUT2D eigenvalue weighted by Crippen LogP contribution is -2.47. The summed E-state index contributed by atoms with van der Waals surface area (Å²) in [6.07, 6.45) is 1.90. The number of para-hydroxylation sites is 1. The van der Waals surface area contributed by atoms with Gasteiger partial charge in [0.25, 0.3) is 5.91 Å². The minimum atomic E-state index is -4.03. The van der Waals surface area contributed by atoms with Gasteiger partial charge in [0.15, 0.2) is 0 Å². The normalized spacial score (nSPS) is 17.9. The standard InChI is InChI=1S/C28H29N5O4S2/c1-37-21-15-20(16-21)31-27(34)19-8-5-9-22(14-19)39(35,36)33-24(13-17-6-4-7-18(12-17)26(29)30)28-32-23-10-2-3-11-25(23)38-28/h2-12,14,20-21,24,33H,13,15-16H2,1H3,(H3,29,30)(H,31,34)/t20?,21?,24-/m0/s1. The number of carbonyl (C=O) groups excluding carboxylic acids is 1. The number of fused-ring (bicyclic) bond motifs is 1. The Bertz CT molecular complexity index is 1600. The monoisotopic (exact) mass is 563 g/mol. The van der Waals surface area contributed by atoms with Gasteiger partial charge in [-0.15, -0.1) is 11.3 Å². The summed E-state index contributed by atoms with van der Waals surface area (Å²) in [6.45, 7) is 0. The van der Waals surface area contributed by atoms with Gasteiger partial charge in [-0.3, -0.25) is 10.2 Å². The molecule has 202 valence electrons. The third-order valence-corrected chi connectivity index (χ3v) is 9.37. The smallest absolute Gasteiger partial charge is 0.251 e. The van der Waals surface area contributed by atoms with E-state index in [1.54, 1.807) is 37.4 Å². The van der Waals surface area contributed by atoms with Crippen LogP contribution in [0.5, 0.6) is 0 Å². The Morgan fingerprint density at radius 3 is 2.59 bits per heavy atom. The number of hydrogen-bond donors (Lipinski definition) is 4. The molecule has 5 N–H and O–H groups in total. The van der Waals surface area contributed by atoms with E-state index in [-0.39, 0.29) is 34.3 Å². The predicted molar refractivity (Wildman–Crippen MR) is 152 cm³/mol. The van der Waals surface area contributed by atoms with E-state index in [0.29, 0.717) is 17.0 Å². The summed E-state index contributed by atoms with van der Waals surface area (Å²) < 4.78 is 36.2. The zero-order chi connectivity index (χ0) is 27.6. The number of benzene rings is 3. The van der Waals surface area contributed by atoms with Crippen molar-refractivity contribution in [3.8, 4) is 0 Å². The first kappa shape index (κ1) is 26.9. The number of nitrogens with one attached hydrogen (secondary N) is 3. The van der Waals surface area contributed by atoms with Gasteiger partial charge in [-0.05, 0) is 61.2 Å². The SMILES string of the molecule is COC1CC(NC(=O)c2cccc(S(=O)(=O)N[C@@H](Cc3cccc(C(=N)N)c3)c3nc4ccccc4s3)c2)C1. The fraction of sp³-hybridized carbons (Fsp3) is 0.250. The van der Waals surface area contributed by atoms with Crippen molar-refractivity contribution in [1.29, 1.82) is 5.41 Å². The Labute approximate surface area is 231 Å². The van der Waals surface area contributed by atoms with Gasteiger partial charge in [0.05, 0.1) is 27.3 Å². The van der Waals surface area contributed by atoms with E-state index in [0.717, 1.165) is 28.6 Å². The molecular formula is C28H29N5O4S2. The van der Waals surface area contributed by atoms with Gasteiger partial charge in [0.2, 0.25) is 10.0 Å². The number of aromatic nitrogens is 1. The van der Waals surface area contributed by atoms with Crippen LogP contribution in [0.3, 0.4) is 0 Å². The Morgan fingerprint density at radius 1 is 1.10 bits per heavy atom. The van der Waals surface area contributed by atoms with E-state index >= 15 is 0 Å². The van der Waals surface area contributed by atoms with Crippen LogP contribution in [0, 0.1) is 5.41 Å². The number of thiazole rings is 1. The molecule has 0 saturated heterocycles. The lowest BCUT2D eigenvalue weighted by Gasteiger charge is -2.34. The topological polar surface area (TPSA) is 147 Å². The Balaban J connectivity index is 1.41. The molecule has 0 spiro atoms. The van der Waals surface area contributed by atoms with Gasteiger partial charge < -0.3 is 15.8 Å². The maximum atomic E-state index is 13.6. The number of nitrogens with zero attached hydrogens (tertiary/aromatic N) is 1. The highest BCUT2D eigenvalue weighted by molar-refractivity contribution is 7.89. The highest BCUT2D eigenvalue weighted by Crippen LogP contribution is 2.30. The molecule has 0 radical (unpaired) electrons. The van der Waals surface area contributed by atoms with Gasteiger partial charge in [0, 0.05) is 24.3 Å². The van der Waals surface area contributed by atoms with Crippen molar-refractivity contribution in [1.82, 2.24) is 15.0 Å². The van der Waals surface area contributed by atoms with Gasteiger partial charge in [-0.2, -0.15) is 0 Å². The summed E-state index contributed by atoms with van der Waals surface area (Å²) in [6, 6.07) is 20.1. The molecule has 1 heterocycles. The summed E-state index contributed by atoms with van der Waals surface area (Å²) in [5.74, 6) is -0.390. The number of hydrogen-bond acceptors (Lipinski definition) is 7. The summed E-state index contributed by atoms with van der Waals surface area (Å²) in [4.78, 5) is 17.5. The number of sulfonamides is 1. The maximum Gasteiger partial charge on any atom is 0.251 e. The van der Waals surface area contributed by atoms with Crippen molar-refractivity contribution in [3.05, 3.63) is 94.5 Å². The molecule has 4 aromatic rings. The molecule has 1 aliphatic rings. The molecule has 1 fully saturated rings. The highest BCUT2D eigenvalue weighted by Gasteiger charge is 2.31. The molecular weight excluding hydrogens is 534 g/mol. The largest absolute Gasteiger partial charge is 0.384 e. The summed E-state index contributed by atoms with van der Waals surface area (Å²) in [5.41, 5.74) is 8.08. The van der Waals surface area contributed by atoms with Crippen molar-refractivity contribution in [2.75, 3.05) is 7.11 Å². The average molecular weight is 564 g/mol. The maximum absolute atomic E-state index is 13.6. The molecule has 3 aromatic carbocycles. The van der Waals surface area contributed by atoms with Gasteiger partial charge in [-0.25, -0.2) is 18.1 Å². The molecule has 0 bridgehead atoms. The summed E-state index contributed by atoms with van der Waals surface area (Å²) in [7, 11) is -2.39. The predicted octanol–water partition coefficient (Wildman–Crippen LogP) is 3.75. The second kappa shape index (κ2) is 11.2. The molecule has 39 heavy (non-hydrogen) atoms. The number of amides is 1. The number of amidine groups is 1. The summed E-state index contributed by atoms with van der Waals surface area (Å²) >= 11 is 1.42. The number of methoxy groups -OCH3 is 1. The van der Waals surface area contributed by atoms with Crippen LogP contribution in [0.4, 0.5) is 0 Å². The van der Waals surface area contributed by atoms with Crippen LogP contribution < -0.4 is 15.8 Å². The number of rotatable bonds is 10. The van der Waals surface area contributed by atoms with Crippen molar-refractivity contribution in [3.63, 3.8) is 0 Å². The van der Waals surface area contributed by atoms with Crippen molar-refractivity contribution in [2.45, 2.75) is 42.3 Å². The first-order valence-electron chi connectivity index (χ1n) is 12.5. The lowest BCUT2D eigenvalue weighted by atomic mass is 9.89. The zero-order valence-corrected chi connectivity index (χ0v) is 22.9. The van der Waals surface area contributed by atoms with E-state index in [1.807, 2.05) is 30.3 Å². The third kappa shape index (κ3) is 6.17. The summed E-state index contributed by atoms with van der Waals surface area (Å²) in [5, 5.41) is 11.3. The minimum absolute atomic E-state index is 0.00928. The van der Waals surface area contributed by atoms with Gasteiger partial charge in [-0.1, -0.05) is 36.4 Å². The number of ether oxygens (including phenoxy) is 1. The van der Waals surface area contributed by atoms with E-state index in [9.17, 15) is 13.2 Å². The third-order valence-electron chi connectivity index (χ3n) is 6.75. The van der Waals surface area contributed by atoms with Crippen LogP contribution in [0.25, 0.3) is 10.2 Å². The van der Waals surface area contributed by atoms with Gasteiger partial charge in [0.1, 0.15) is 10.8 Å². The molecule has 11 heteroatoms. The fourth-order valence-corrected chi connectivity index (χ4v) is 6.86. The number of carbonyl (C=O) groups is 1. The average Bonchev–Trinajstić information content (AvgIpc) is 3.34. The molecule has 9 nitrogen and oxygen atoms in total. The molecule has 5 rings (SSSR count). The van der Waals surface area contributed by atoms with Crippen LogP contribution in [-0.4, -0.2) is 44.4 Å². The first-order valence-corrected chi connectivity index (χ1v) is 14.8. The quantitative estimate of drug-likeness (QED) is 0.171. The number of nitrogen functional groups attached to an aromatic ring is 1. The van der Waals surface area contributed by atoms with Crippen molar-refractivity contribution < 1.29 is 17.9 Å². The van der Waals surface area contributed by atoms with E-state index in [1.165, 1.54) is 23.5 Å². The molecule has 1 aliphatic carbocycles. The molecule has 1 aromatic heterocycles. The highest BCUT2D eigenvalue weighted by atomic mass is 32.2. The van der Waals surface area contributed by atoms with E-state index in [2.05, 4.69) is 10.0 Å². The van der Waals surface area contributed by atoms with E-state index < -0.39 is 16.1 Å². The molecule has 0 unspecified atom stereocenters. The first-order chi connectivity index (χ1) is 18.7. The zero-order valence-electron chi connectivity index (χ0n) is 21.3. The van der Waals surface area contributed by atoms with Crippen molar-refractivity contribution in [2.24, 2.45) is 5.73 Å². The lowest BCUT2D eigenvalue weighted by molar-refractivity contribution is 0.0176. The molecule has 0 aliphatic heterocycles. The Hall–Kier alpha value is -3.64. The Kier molecular flexibility index (Phi) is 7.76. The fourth-order valence-electron chi connectivity index (χ4n) is 4.52. The molecule has 1 amide bonds. The van der Waals surface area contributed by atoms with E-state index in [4.69, 9.17) is 20.9 Å². The second-order valence-electron chi connectivity index (χ2n) is 9.54. The minimum Gasteiger partial charge on any atom is -0.384 e. The van der Waals surface area contributed by atoms with Gasteiger partial charge >= 0.3 is 0 Å². The Morgan fingerprint density at radius 2 is 1.85 bits per heavy atom. The van der Waals surface area contributed by atoms with Crippen LogP contribution >= 0.6 is 11.3 Å². The van der Waals surface area contributed by atoms with Crippen LogP contribution in [0.1, 0.15) is 45.4 Å². The van der Waals surface area contributed by atoms with Crippen LogP contribution in [0.15, 0.2) is 77.7 Å². The van der Waals surface area contributed by atoms with Crippen LogP contribution in [-0.2, 0) is 21.2 Å². The molecule has 1 saturated carbocycles. The second-order valence-corrected chi connectivity index (χ2v) is 12.3.